The van der Waals surface area contributed by atoms with E-state index in [4.69, 9.17) is 0 Å². The lowest BCUT2D eigenvalue weighted by Crippen LogP contribution is -2.54. The predicted octanol–water partition coefficient (Wildman–Crippen LogP) is 2.64. The number of fused-ring (bicyclic) bond motifs is 1. The van der Waals surface area contributed by atoms with Gasteiger partial charge in [-0.2, -0.15) is 5.10 Å². The molecule has 0 spiro atoms. The molecule has 1 aromatic carbocycles. The van der Waals surface area contributed by atoms with Crippen LogP contribution in [0.5, 0.6) is 0 Å². The number of carbonyl (C=O) groups is 5. The topological polar surface area (TPSA) is 163 Å². The summed E-state index contributed by atoms with van der Waals surface area (Å²) in [4.78, 5) is 78.6. The summed E-state index contributed by atoms with van der Waals surface area (Å²) in [5.74, 6) is -1.06. The molecular formula is C35H41N9O5. The molecule has 0 aliphatic carbocycles. The first-order chi connectivity index (χ1) is 23.5. The number of hydrogen-bond acceptors (Lipinski definition) is 10. The van der Waals surface area contributed by atoms with E-state index < -0.39 is 35.1 Å². The van der Waals surface area contributed by atoms with Crippen LogP contribution in [0.25, 0.3) is 0 Å². The number of nitrogens with one attached hydrogen (secondary N) is 2. The SMILES string of the molecule is Cc1cncc(N2CCC(C)(C(=O)N3CCC(C)(n4cc(CNc5cccc6c5C(=O)N(C5CCC(=O)NC5=O)C6=O)cn4)CC3)CC2)n1. The second kappa shape index (κ2) is 12.4. The minimum absolute atomic E-state index is 0.0652. The zero-order valence-electron chi connectivity index (χ0n) is 28.1. The largest absolute Gasteiger partial charge is 0.380 e. The molecule has 7 rings (SSSR count). The molecule has 0 bridgehead atoms. The maximum atomic E-state index is 13.8. The summed E-state index contributed by atoms with van der Waals surface area (Å²) in [5, 5.41) is 10.2. The molecule has 14 heteroatoms. The zero-order valence-corrected chi connectivity index (χ0v) is 28.1. The van der Waals surface area contributed by atoms with E-state index in [9.17, 15) is 24.0 Å². The van der Waals surface area contributed by atoms with Gasteiger partial charge in [-0.25, -0.2) is 4.98 Å². The second-order valence-electron chi connectivity index (χ2n) is 14.2. The van der Waals surface area contributed by atoms with E-state index in [0.717, 1.165) is 60.7 Å². The molecule has 4 aliphatic rings. The van der Waals surface area contributed by atoms with Crippen LogP contribution in [0.4, 0.5) is 11.5 Å². The Bertz CT molecular complexity index is 1840. The van der Waals surface area contributed by atoms with Gasteiger partial charge in [-0.15, -0.1) is 0 Å². The van der Waals surface area contributed by atoms with Crippen molar-refractivity contribution < 1.29 is 24.0 Å². The molecule has 1 unspecified atom stereocenters. The molecule has 2 N–H and O–H groups in total. The maximum absolute atomic E-state index is 13.8. The Morgan fingerprint density at radius 1 is 0.980 bits per heavy atom. The van der Waals surface area contributed by atoms with Gasteiger partial charge in [0.1, 0.15) is 11.9 Å². The number of anilines is 2. The summed E-state index contributed by atoms with van der Waals surface area (Å²) < 4.78 is 1.98. The quantitative estimate of drug-likeness (QED) is 0.358. The Morgan fingerprint density at radius 2 is 1.73 bits per heavy atom. The lowest BCUT2D eigenvalue weighted by atomic mass is 9.78. The van der Waals surface area contributed by atoms with Crippen LogP contribution in [0.2, 0.25) is 0 Å². The number of likely N-dealkylation sites (tertiary alicyclic amines) is 1. The summed E-state index contributed by atoms with van der Waals surface area (Å²) in [6.07, 6.45) is 10.6. The highest BCUT2D eigenvalue weighted by molar-refractivity contribution is 6.25. The van der Waals surface area contributed by atoms with E-state index in [2.05, 4.69) is 44.4 Å². The Morgan fingerprint density at radius 3 is 2.45 bits per heavy atom. The molecule has 0 radical (unpaired) electrons. The van der Waals surface area contributed by atoms with E-state index >= 15 is 0 Å². The minimum Gasteiger partial charge on any atom is -0.380 e. The molecule has 256 valence electrons. The average Bonchev–Trinajstić information content (AvgIpc) is 3.68. The van der Waals surface area contributed by atoms with Crippen LogP contribution < -0.4 is 15.5 Å². The highest BCUT2D eigenvalue weighted by Crippen LogP contribution is 2.38. The van der Waals surface area contributed by atoms with Crippen LogP contribution in [-0.4, -0.2) is 91.3 Å². The summed E-state index contributed by atoms with van der Waals surface area (Å²) in [6.45, 7) is 9.40. The fourth-order valence-corrected chi connectivity index (χ4v) is 7.45. The summed E-state index contributed by atoms with van der Waals surface area (Å²) in [6, 6.07) is 3.99. The van der Waals surface area contributed by atoms with Gasteiger partial charge >= 0.3 is 0 Å². The van der Waals surface area contributed by atoms with Crippen LogP contribution in [0.15, 0.2) is 43.0 Å². The summed E-state index contributed by atoms with van der Waals surface area (Å²) in [5.41, 5.74) is 2.04. The van der Waals surface area contributed by atoms with Gasteiger partial charge in [0.05, 0.1) is 34.8 Å². The first kappa shape index (κ1) is 32.4. The normalized spacial score (nSPS) is 21.9. The smallest absolute Gasteiger partial charge is 0.264 e. The number of nitrogens with zero attached hydrogens (tertiary/aromatic N) is 7. The number of amides is 5. The van der Waals surface area contributed by atoms with Gasteiger partial charge in [0.15, 0.2) is 0 Å². The van der Waals surface area contributed by atoms with Gasteiger partial charge in [-0.1, -0.05) is 13.0 Å². The van der Waals surface area contributed by atoms with E-state index in [1.165, 1.54) is 0 Å². The Hall–Kier alpha value is -5.14. The summed E-state index contributed by atoms with van der Waals surface area (Å²) in [7, 11) is 0. The first-order valence-corrected chi connectivity index (χ1v) is 16.9. The third-order valence-corrected chi connectivity index (χ3v) is 10.7. The molecule has 3 aromatic rings. The second-order valence-corrected chi connectivity index (χ2v) is 14.2. The standard InChI is InChI=1S/C35H41N9O5/c1-22-17-36-20-27(39-22)41-13-9-34(2,10-14-41)33(49)42-15-11-35(3,12-16-42)43-21-23(19-38-43)18-37-25-6-4-5-24-29(25)32(48)44(31(24)47)26-7-8-28(45)40-30(26)46/h4-6,17,19-21,26,37H,7-16,18H2,1-3H3,(H,40,45,46). The molecule has 3 saturated heterocycles. The fourth-order valence-electron chi connectivity index (χ4n) is 7.45. The number of piperidine rings is 3. The molecular weight excluding hydrogens is 626 g/mol. The molecule has 1 atom stereocenters. The molecule has 49 heavy (non-hydrogen) atoms. The van der Waals surface area contributed by atoms with E-state index in [0.29, 0.717) is 25.3 Å². The van der Waals surface area contributed by atoms with Gasteiger partial charge in [-0.3, -0.25) is 43.9 Å². The third kappa shape index (κ3) is 5.93. The molecule has 0 saturated carbocycles. The number of benzene rings is 1. The van der Waals surface area contributed by atoms with Crippen molar-refractivity contribution in [1.82, 2.24) is 34.9 Å². The van der Waals surface area contributed by atoms with Gasteiger partial charge in [0.2, 0.25) is 17.7 Å². The highest BCUT2D eigenvalue weighted by atomic mass is 16.2. The van der Waals surface area contributed by atoms with Crippen molar-refractivity contribution in [2.75, 3.05) is 36.4 Å². The van der Waals surface area contributed by atoms with Crippen molar-refractivity contribution >= 4 is 41.0 Å². The van der Waals surface area contributed by atoms with Crippen LogP contribution in [0.3, 0.4) is 0 Å². The van der Waals surface area contributed by atoms with Crippen molar-refractivity contribution in [3.63, 3.8) is 0 Å². The van der Waals surface area contributed by atoms with Crippen molar-refractivity contribution in [3.8, 4) is 0 Å². The minimum atomic E-state index is -1.02. The van der Waals surface area contributed by atoms with Crippen LogP contribution in [0.1, 0.15) is 84.3 Å². The van der Waals surface area contributed by atoms with E-state index in [1.54, 1.807) is 36.8 Å². The third-order valence-electron chi connectivity index (χ3n) is 10.7. The van der Waals surface area contributed by atoms with Gasteiger partial charge in [0, 0.05) is 68.2 Å². The first-order valence-electron chi connectivity index (χ1n) is 16.9. The molecule has 2 aromatic heterocycles. The summed E-state index contributed by atoms with van der Waals surface area (Å²) >= 11 is 0. The Labute approximate surface area is 284 Å². The van der Waals surface area contributed by atoms with Gasteiger partial charge in [0.25, 0.3) is 11.8 Å². The number of hydrogen-bond donors (Lipinski definition) is 2. The number of carbonyl (C=O) groups excluding carboxylic acids is 5. The molecule has 4 aliphatic heterocycles. The zero-order chi connectivity index (χ0) is 34.5. The Balaban J connectivity index is 0.954. The maximum Gasteiger partial charge on any atom is 0.264 e. The molecule has 14 nitrogen and oxygen atoms in total. The number of rotatable bonds is 7. The number of imide groups is 2. The van der Waals surface area contributed by atoms with Crippen molar-refractivity contribution in [2.45, 2.75) is 77.4 Å². The van der Waals surface area contributed by atoms with E-state index in [1.807, 2.05) is 22.7 Å². The number of aryl methyl sites for hydroxylation is 1. The van der Waals surface area contributed by atoms with Gasteiger partial charge < -0.3 is 15.1 Å². The average molecular weight is 668 g/mol. The highest BCUT2D eigenvalue weighted by Gasteiger charge is 2.46. The monoisotopic (exact) mass is 667 g/mol. The van der Waals surface area contributed by atoms with Gasteiger partial charge in [-0.05, 0) is 58.1 Å². The van der Waals surface area contributed by atoms with Crippen molar-refractivity contribution in [3.05, 3.63) is 65.4 Å². The van der Waals surface area contributed by atoms with Crippen molar-refractivity contribution in [2.24, 2.45) is 5.41 Å². The van der Waals surface area contributed by atoms with Crippen LogP contribution >= 0.6 is 0 Å². The lowest BCUT2D eigenvalue weighted by Gasteiger charge is -2.45. The van der Waals surface area contributed by atoms with Crippen molar-refractivity contribution in [1.29, 1.82) is 0 Å². The number of aromatic nitrogens is 4. The lowest BCUT2D eigenvalue weighted by molar-refractivity contribution is -0.144. The molecule has 3 fully saturated rings. The van der Waals surface area contributed by atoms with Crippen LogP contribution in [-0.2, 0) is 26.5 Å². The molecule has 5 amide bonds. The van der Waals surface area contributed by atoms with E-state index in [-0.39, 0.29) is 35.4 Å². The fraction of sp³-hybridized carbons (Fsp3) is 0.486. The molecule has 6 heterocycles. The predicted molar refractivity (Wildman–Crippen MR) is 178 cm³/mol. The Kier molecular flexibility index (Phi) is 8.19. The van der Waals surface area contributed by atoms with Crippen LogP contribution in [0, 0.1) is 12.3 Å².